The van der Waals surface area contributed by atoms with Gasteiger partial charge in [-0.3, -0.25) is 4.79 Å². The van der Waals surface area contributed by atoms with Crippen LogP contribution in [0, 0.1) is 6.92 Å². The van der Waals surface area contributed by atoms with Crippen LogP contribution in [-0.4, -0.2) is 56.1 Å². The molecular formula is C29H30O8. The summed E-state index contributed by atoms with van der Waals surface area (Å²) < 4.78 is 40.6. The van der Waals surface area contributed by atoms with E-state index in [-0.39, 0.29) is 0 Å². The van der Waals surface area contributed by atoms with E-state index in [0.717, 1.165) is 11.8 Å². The molecule has 0 aliphatic carbocycles. The van der Waals surface area contributed by atoms with Gasteiger partial charge in [0.05, 0.1) is 65.9 Å². The lowest BCUT2D eigenvalue weighted by atomic mass is 9.86. The van der Waals surface area contributed by atoms with Crippen molar-refractivity contribution in [2.24, 2.45) is 0 Å². The van der Waals surface area contributed by atoms with Gasteiger partial charge in [0.25, 0.3) is 0 Å². The average Bonchev–Trinajstić information content (AvgIpc) is 2.94. The Morgan fingerprint density at radius 2 is 0.946 bits per heavy atom. The average molecular weight is 507 g/mol. The zero-order chi connectivity index (χ0) is 26.9. The zero-order valence-electron chi connectivity index (χ0n) is 22.2. The molecule has 0 bridgehead atoms. The Labute approximate surface area is 215 Å². The van der Waals surface area contributed by atoms with E-state index < -0.39 is 0 Å². The van der Waals surface area contributed by atoms with Crippen LogP contribution in [-0.2, 0) is 0 Å². The van der Waals surface area contributed by atoms with E-state index in [1.54, 1.807) is 74.0 Å². The van der Waals surface area contributed by atoms with Gasteiger partial charge in [0, 0.05) is 27.6 Å². The third kappa shape index (κ3) is 3.80. The molecule has 0 aliphatic rings. The second-order valence-electron chi connectivity index (χ2n) is 8.17. The first-order chi connectivity index (χ1) is 17.9. The first kappa shape index (κ1) is 25.8. The predicted molar refractivity (Wildman–Crippen MR) is 143 cm³/mol. The maximum Gasteiger partial charge on any atom is 0.150 e. The normalized spacial score (nSPS) is 10.8. The molecule has 4 rings (SSSR count). The lowest BCUT2D eigenvalue weighted by Crippen LogP contribution is -2.04. The minimum absolute atomic E-state index is 0.376. The maximum atomic E-state index is 12.6. The molecule has 0 radical (unpaired) electrons. The fourth-order valence-corrected chi connectivity index (χ4v) is 5.06. The third-order valence-corrected chi connectivity index (χ3v) is 6.61. The number of hydrogen-bond donors (Lipinski definition) is 0. The van der Waals surface area contributed by atoms with Crippen molar-refractivity contribution >= 4 is 27.8 Å². The van der Waals surface area contributed by atoms with E-state index in [9.17, 15) is 4.79 Å². The standard InChI is InChI=1S/C29H30O8/c1-15-22(29(37-8)27-20(34-5)12-11-19(33-4)26(27)28(15)36-7)23-16(14-30)13-21(35-6)24-17(31-2)9-10-18(32-3)25(23)24/h9-14H,1-8H3. The van der Waals surface area contributed by atoms with Gasteiger partial charge < -0.3 is 33.2 Å². The Morgan fingerprint density at radius 1 is 0.514 bits per heavy atom. The summed E-state index contributed by atoms with van der Waals surface area (Å²) in [4.78, 5) is 12.6. The number of methoxy groups -OCH3 is 7. The van der Waals surface area contributed by atoms with E-state index in [0.29, 0.717) is 78.5 Å². The van der Waals surface area contributed by atoms with E-state index >= 15 is 0 Å². The second kappa shape index (κ2) is 10.3. The Hall–Kier alpha value is -4.33. The number of rotatable bonds is 9. The summed E-state index contributed by atoms with van der Waals surface area (Å²) in [5.74, 6) is 3.77. The topological polar surface area (TPSA) is 81.7 Å². The predicted octanol–water partition coefficient (Wildman–Crippen LogP) is 5.84. The molecule has 0 aromatic heterocycles. The molecule has 8 heteroatoms. The van der Waals surface area contributed by atoms with Crippen LogP contribution in [0.3, 0.4) is 0 Å². The lowest BCUT2D eigenvalue weighted by molar-refractivity contribution is 0.112. The van der Waals surface area contributed by atoms with E-state index in [1.807, 2.05) is 13.0 Å². The summed E-state index contributed by atoms with van der Waals surface area (Å²) >= 11 is 0. The van der Waals surface area contributed by atoms with Crippen molar-refractivity contribution in [3.8, 4) is 51.4 Å². The van der Waals surface area contributed by atoms with Gasteiger partial charge in [0.15, 0.2) is 6.29 Å². The molecule has 4 aromatic carbocycles. The number of hydrogen-bond acceptors (Lipinski definition) is 8. The molecule has 4 aromatic rings. The van der Waals surface area contributed by atoms with Crippen LogP contribution in [0.15, 0.2) is 30.3 Å². The van der Waals surface area contributed by atoms with E-state index in [2.05, 4.69) is 0 Å². The van der Waals surface area contributed by atoms with Crippen molar-refractivity contribution in [3.63, 3.8) is 0 Å². The van der Waals surface area contributed by atoms with Crippen LogP contribution < -0.4 is 33.2 Å². The highest BCUT2D eigenvalue weighted by Gasteiger charge is 2.29. The Bertz CT molecular complexity index is 1510. The van der Waals surface area contributed by atoms with E-state index in [1.165, 1.54) is 0 Å². The molecule has 8 nitrogen and oxygen atoms in total. The van der Waals surface area contributed by atoms with Crippen molar-refractivity contribution in [3.05, 3.63) is 41.5 Å². The van der Waals surface area contributed by atoms with Gasteiger partial charge in [-0.25, -0.2) is 0 Å². The SMILES string of the molecule is COc1ccc(OC)c2c(-c3c(C)c(OC)c4c(OC)ccc(OC)c4c3OC)c(C=O)cc(OC)c12. The van der Waals surface area contributed by atoms with Crippen LogP contribution >= 0.6 is 0 Å². The third-order valence-electron chi connectivity index (χ3n) is 6.61. The summed E-state index contributed by atoms with van der Waals surface area (Å²) in [7, 11) is 11.0. The van der Waals surface area contributed by atoms with Gasteiger partial charge in [0.1, 0.15) is 40.2 Å². The number of carbonyl (C=O) groups is 1. The molecule has 0 saturated carbocycles. The Balaban J connectivity index is 2.39. The molecule has 0 atom stereocenters. The van der Waals surface area contributed by atoms with Crippen LogP contribution in [0.5, 0.6) is 40.2 Å². The number of ether oxygens (including phenoxy) is 7. The number of fused-ring (bicyclic) bond motifs is 2. The molecular weight excluding hydrogens is 476 g/mol. The highest BCUT2D eigenvalue weighted by Crippen LogP contribution is 2.55. The molecule has 0 heterocycles. The highest BCUT2D eigenvalue weighted by molar-refractivity contribution is 6.17. The van der Waals surface area contributed by atoms with Crippen molar-refractivity contribution in [2.45, 2.75) is 6.92 Å². The van der Waals surface area contributed by atoms with Crippen molar-refractivity contribution in [2.75, 3.05) is 49.8 Å². The molecule has 0 N–H and O–H groups in total. The molecule has 0 unspecified atom stereocenters. The van der Waals surface area contributed by atoms with Crippen LogP contribution in [0.2, 0.25) is 0 Å². The van der Waals surface area contributed by atoms with Gasteiger partial charge in [0.2, 0.25) is 0 Å². The summed E-state index contributed by atoms with van der Waals surface area (Å²) in [5.41, 5.74) is 2.33. The molecule has 37 heavy (non-hydrogen) atoms. The second-order valence-corrected chi connectivity index (χ2v) is 8.17. The van der Waals surface area contributed by atoms with Gasteiger partial charge >= 0.3 is 0 Å². The molecule has 0 amide bonds. The molecule has 0 spiro atoms. The zero-order valence-corrected chi connectivity index (χ0v) is 22.2. The summed E-state index contributed by atoms with van der Waals surface area (Å²) in [6, 6.07) is 8.90. The van der Waals surface area contributed by atoms with Crippen LogP contribution in [0.25, 0.3) is 32.7 Å². The first-order valence-corrected chi connectivity index (χ1v) is 11.5. The summed E-state index contributed by atoms with van der Waals surface area (Å²) in [5, 5.41) is 2.62. The number of carbonyl (C=O) groups excluding carboxylic acids is 1. The molecule has 0 saturated heterocycles. The monoisotopic (exact) mass is 506 g/mol. The van der Waals surface area contributed by atoms with Gasteiger partial charge in [-0.1, -0.05) is 0 Å². The van der Waals surface area contributed by atoms with Gasteiger partial charge in [-0.2, -0.15) is 0 Å². The lowest BCUT2D eigenvalue weighted by Gasteiger charge is -2.24. The van der Waals surface area contributed by atoms with Crippen molar-refractivity contribution in [1.82, 2.24) is 0 Å². The van der Waals surface area contributed by atoms with Crippen molar-refractivity contribution < 1.29 is 38.0 Å². The fourth-order valence-electron chi connectivity index (χ4n) is 5.06. The highest BCUT2D eigenvalue weighted by atomic mass is 16.5. The smallest absolute Gasteiger partial charge is 0.150 e. The number of benzene rings is 4. The molecule has 0 aliphatic heterocycles. The maximum absolute atomic E-state index is 12.6. The quantitative estimate of drug-likeness (QED) is 0.262. The number of aldehydes is 1. The van der Waals surface area contributed by atoms with Gasteiger partial charge in [-0.15, -0.1) is 0 Å². The molecule has 194 valence electrons. The van der Waals surface area contributed by atoms with Crippen molar-refractivity contribution in [1.29, 1.82) is 0 Å². The molecule has 0 fully saturated rings. The van der Waals surface area contributed by atoms with E-state index in [4.69, 9.17) is 33.2 Å². The summed E-state index contributed by atoms with van der Waals surface area (Å²) in [6.07, 6.45) is 0.786. The largest absolute Gasteiger partial charge is 0.496 e. The fraction of sp³-hybridized carbons (Fsp3) is 0.276. The van der Waals surface area contributed by atoms with Gasteiger partial charge in [-0.05, 0) is 37.3 Å². The summed E-state index contributed by atoms with van der Waals surface area (Å²) in [6.45, 7) is 1.91. The Kier molecular flexibility index (Phi) is 7.20. The first-order valence-electron chi connectivity index (χ1n) is 11.5. The minimum atomic E-state index is 0.376. The minimum Gasteiger partial charge on any atom is -0.496 e. The van der Waals surface area contributed by atoms with Crippen LogP contribution in [0.4, 0.5) is 0 Å². The Morgan fingerprint density at radius 3 is 1.38 bits per heavy atom. The van der Waals surface area contributed by atoms with Crippen LogP contribution in [0.1, 0.15) is 15.9 Å².